The van der Waals surface area contributed by atoms with Crippen LogP contribution >= 0.6 is 12.6 Å². The number of hydrogen-bond acceptors (Lipinski definition) is 1. The second-order valence-corrected chi connectivity index (χ2v) is 3.63. The van der Waals surface area contributed by atoms with Gasteiger partial charge in [-0.2, -0.15) is 12.6 Å². The maximum absolute atomic E-state index is 4.19. The van der Waals surface area contributed by atoms with E-state index in [0.717, 1.165) is 17.6 Å². The number of thiol groups is 1. The highest BCUT2D eigenvalue weighted by Crippen LogP contribution is 2.36. The fourth-order valence-electron chi connectivity index (χ4n) is 1.52. The first-order valence-electron chi connectivity index (χ1n) is 3.95. The topological polar surface area (TPSA) is 0 Å². The normalized spacial score (nSPS) is 34.0. The lowest BCUT2D eigenvalue weighted by molar-refractivity contribution is 0.183. The number of rotatable bonds is 3. The van der Waals surface area contributed by atoms with Crippen molar-refractivity contribution in [1.82, 2.24) is 0 Å². The average molecular weight is 144 g/mol. The summed E-state index contributed by atoms with van der Waals surface area (Å²) in [5.41, 5.74) is 0. The molecule has 0 spiro atoms. The van der Waals surface area contributed by atoms with Gasteiger partial charge in [-0.25, -0.2) is 0 Å². The Morgan fingerprint density at radius 2 is 2.22 bits per heavy atom. The van der Waals surface area contributed by atoms with Crippen LogP contribution in [0.25, 0.3) is 0 Å². The molecule has 0 aromatic carbocycles. The molecule has 1 heteroatoms. The predicted molar refractivity (Wildman–Crippen MR) is 45.0 cm³/mol. The maximum Gasteiger partial charge on any atom is -0.00978 e. The summed E-state index contributed by atoms with van der Waals surface area (Å²) in [5.74, 6) is 3.14. The smallest absolute Gasteiger partial charge is 0.00978 e. The van der Waals surface area contributed by atoms with Gasteiger partial charge in [0, 0.05) is 0 Å². The summed E-state index contributed by atoms with van der Waals surface area (Å²) in [4.78, 5) is 0. The molecule has 0 bridgehead atoms. The minimum Gasteiger partial charge on any atom is -0.179 e. The van der Waals surface area contributed by atoms with Crippen LogP contribution in [0, 0.1) is 11.8 Å². The van der Waals surface area contributed by atoms with E-state index in [1.807, 2.05) is 0 Å². The van der Waals surface area contributed by atoms with Gasteiger partial charge in [0.2, 0.25) is 0 Å². The van der Waals surface area contributed by atoms with Crippen molar-refractivity contribution < 1.29 is 0 Å². The van der Waals surface area contributed by atoms with E-state index < -0.39 is 0 Å². The molecule has 54 valence electrons. The van der Waals surface area contributed by atoms with Crippen molar-refractivity contribution in [2.24, 2.45) is 11.8 Å². The van der Waals surface area contributed by atoms with Crippen LogP contribution in [0.4, 0.5) is 0 Å². The molecule has 0 nitrogen and oxygen atoms in total. The van der Waals surface area contributed by atoms with Gasteiger partial charge in [0.1, 0.15) is 0 Å². The summed E-state index contributed by atoms with van der Waals surface area (Å²) in [6.07, 6.45) is 5.69. The third-order valence-electron chi connectivity index (χ3n) is 2.53. The van der Waals surface area contributed by atoms with Crippen LogP contribution in [0.5, 0.6) is 0 Å². The Kier molecular flexibility index (Phi) is 2.90. The Labute approximate surface area is 63.4 Å². The molecule has 0 saturated heterocycles. The molecule has 1 rings (SSSR count). The molecule has 0 amide bonds. The van der Waals surface area contributed by atoms with Gasteiger partial charge in [-0.05, 0) is 36.9 Å². The summed E-state index contributed by atoms with van der Waals surface area (Å²) >= 11 is 4.19. The molecule has 2 atom stereocenters. The van der Waals surface area contributed by atoms with E-state index in [1.165, 1.54) is 25.7 Å². The summed E-state index contributed by atoms with van der Waals surface area (Å²) in [6.45, 7) is 2.37. The van der Waals surface area contributed by atoms with Crippen molar-refractivity contribution in [2.45, 2.75) is 32.6 Å². The Morgan fingerprint density at radius 3 is 2.56 bits per heavy atom. The zero-order chi connectivity index (χ0) is 6.69. The van der Waals surface area contributed by atoms with Crippen molar-refractivity contribution in [1.29, 1.82) is 0 Å². The van der Waals surface area contributed by atoms with Crippen LogP contribution in [0.1, 0.15) is 32.6 Å². The zero-order valence-electron chi connectivity index (χ0n) is 6.14. The lowest BCUT2D eigenvalue weighted by atomic mass is 9.73. The Bertz CT molecular complexity index is 80.6. The van der Waals surface area contributed by atoms with Gasteiger partial charge >= 0.3 is 0 Å². The molecule has 1 fully saturated rings. The molecule has 0 aliphatic heterocycles. The summed E-state index contributed by atoms with van der Waals surface area (Å²) in [7, 11) is 0. The van der Waals surface area contributed by atoms with Crippen LogP contribution in [-0.2, 0) is 0 Å². The van der Waals surface area contributed by atoms with E-state index in [9.17, 15) is 0 Å². The van der Waals surface area contributed by atoms with Gasteiger partial charge < -0.3 is 0 Å². The second kappa shape index (κ2) is 3.50. The highest BCUT2D eigenvalue weighted by molar-refractivity contribution is 7.80. The molecule has 2 unspecified atom stereocenters. The first-order chi connectivity index (χ1) is 4.34. The minimum atomic E-state index is 1.02. The van der Waals surface area contributed by atoms with Crippen LogP contribution in [-0.4, -0.2) is 5.75 Å². The van der Waals surface area contributed by atoms with Crippen LogP contribution < -0.4 is 0 Å². The number of hydrogen-bond donors (Lipinski definition) is 1. The van der Waals surface area contributed by atoms with E-state index in [4.69, 9.17) is 0 Å². The molecule has 1 aliphatic rings. The minimum absolute atomic E-state index is 1.02. The highest BCUT2D eigenvalue weighted by atomic mass is 32.1. The summed E-state index contributed by atoms with van der Waals surface area (Å²) < 4.78 is 0. The van der Waals surface area contributed by atoms with Crippen molar-refractivity contribution in [3.05, 3.63) is 0 Å². The molecular weight excluding hydrogens is 128 g/mol. The SMILES string of the molecule is CC1CCC1CCCS. The van der Waals surface area contributed by atoms with Gasteiger partial charge in [0.25, 0.3) is 0 Å². The second-order valence-electron chi connectivity index (χ2n) is 3.18. The monoisotopic (exact) mass is 144 g/mol. The molecule has 1 saturated carbocycles. The van der Waals surface area contributed by atoms with Crippen molar-refractivity contribution in [3.8, 4) is 0 Å². The van der Waals surface area contributed by atoms with E-state index in [-0.39, 0.29) is 0 Å². The molecule has 0 aromatic heterocycles. The van der Waals surface area contributed by atoms with Crippen LogP contribution in [0.2, 0.25) is 0 Å². The Morgan fingerprint density at radius 1 is 1.44 bits per heavy atom. The fraction of sp³-hybridized carbons (Fsp3) is 1.00. The van der Waals surface area contributed by atoms with E-state index >= 15 is 0 Å². The van der Waals surface area contributed by atoms with E-state index in [2.05, 4.69) is 19.6 Å². The fourth-order valence-corrected chi connectivity index (χ4v) is 1.70. The quantitative estimate of drug-likeness (QED) is 0.578. The van der Waals surface area contributed by atoms with Gasteiger partial charge in [-0.15, -0.1) is 0 Å². The van der Waals surface area contributed by atoms with Crippen molar-refractivity contribution in [2.75, 3.05) is 5.75 Å². The molecule has 0 N–H and O–H groups in total. The first-order valence-corrected chi connectivity index (χ1v) is 4.58. The maximum atomic E-state index is 4.19. The van der Waals surface area contributed by atoms with Gasteiger partial charge in [-0.1, -0.05) is 13.3 Å². The Balaban J connectivity index is 1.99. The molecular formula is C8H16S. The predicted octanol–water partition coefficient (Wildman–Crippen LogP) is 2.74. The summed E-state index contributed by atoms with van der Waals surface area (Å²) in [6, 6.07) is 0. The van der Waals surface area contributed by atoms with Crippen molar-refractivity contribution >= 4 is 12.6 Å². The summed E-state index contributed by atoms with van der Waals surface area (Å²) in [5, 5.41) is 0. The molecule has 0 aromatic rings. The Hall–Kier alpha value is 0.350. The molecule has 1 aliphatic carbocycles. The third-order valence-corrected chi connectivity index (χ3v) is 2.85. The molecule has 0 radical (unpaired) electrons. The van der Waals surface area contributed by atoms with Crippen LogP contribution in [0.3, 0.4) is 0 Å². The molecule has 9 heavy (non-hydrogen) atoms. The van der Waals surface area contributed by atoms with Gasteiger partial charge in [0.05, 0.1) is 0 Å². The standard InChI is InChI=1S/C8H16S/c1-7-4-5-8(7)3-2-6-9/h7-9H,2-6H2,1H3. The third kappa shape index (κ3) is 1.89. The lowest BCUT2D eigenvalue weighted by Crippen LogP contribution is -2.22. The largest absolute Gasteiger partial charge is 0.179 e. The average Bonchev–Trinajstić information content (AvgIpc) is 1.86. The van der Waals surface area contributed by atoms with Gasteiger partial charge in [-0.3, -0.25) is 0 Å². The highest BCUT2D eigenvalue weighted by Gasteiger charge is 2.25. The van der Waals surface area contributed by atoms with E-state index in [0.29, 0.717) is 0 Å². The van der Waals surface area contributed by atoms with Gasteiger partial charge in [0.15, 0.2) is 0 Å². The van der Waals surface area contributed by atoms with E-state index in [1.54, 1.807) is 0 Å². The van der Waals surface area contributed by atoms with Crippen LogP contribution in [0.15, 0.2) is 0 Å². The lowest BCUT2D eigenvalue weighted by Gasteiger charge is -2.33. The molecule has 0 heterocycles. The van der Waals surface area contributed by atoms with Crippen molar-refractivity contribution in [3.63, 3.8) is 0 Å². The zero-order valence-corrected chi connectivity index (χ0v) is 7.03. The first kappa shape index (κ1) is 7.46.